The average molecular weight is 403 g/mol. The van der Waals surface area contributed by atoms with Crippen LogP contribution in [0.2, 0.25) is 0 Å². The zero-order valence-corrected chi connectivity index (χ0v) is 16.7. The number of carbonyl (C=O) groups excluding carboxylic acids is 1. The fourth-order valence-electron chi connectivity index (χ4n) is 2.99. The summed E-state index contributed by atoms with van der Waals surface area (Å²) in [5.74, 6) is 1.71. The van der Waals surface area contributed by atoms with Crippen LogP contribution in [-0.2, 0) is 17.8 Å². The maximum Gasteiger partial charge on any atom is 0.228 e. The molecule has 3 heterocycles. The number of aryl methyl sites for hydroxylation is 1. The van der Waals surface area contributed by atoms with Gasteiger partial charge in [0.05, 0.1) is 36.3 Å². The molecule has 0 bridgehead atoms. The van der Waals surface area contributed by atoms with Gasteiger partial charge in [0.25, 0.3) is 0 Å². The van der Waals surface area contributed by atoms with Gasteiger partial charge in [-0.3, -0.25) is 14.5 Å². The SMILES string of the molecule is CCn1cc(NC(=O)Cc2ccc(Oc3ccnc4cc(OC)ncc34)cc2)cn1. The molecule has 0 aliphatic rings. The number of carbonyl (C=O) groups is 1. The van der Waals surface area contributed by atoms with Gasteiger partial charge < -0.3 is 14.8 Å². The predicted molar refractivity (Wildman–Crippen MR) is 113 cm³/mol. The van der Waals surface area contributed by atoms with Crippen molar-refractivity contribution in [3.05, 3.63) is 66.7 Å². The topological polar surface area (TPSA) is 91.2 Å². The molecule has 3 aromatic heterocycles. The molecule has 0 aliphatic carbocycles. The Hall–Kier alpha value is -3.94. The van der Waals surface area contributed by atoms with E-state index in [0.29, 0.717) is 23.1 Å². The molecule has 0 radical (unpaired) electrons. The summed E-state index contributed by atoms with van der Waals surface area (Å²) in [6.45, 7) is 2.75. The molecule has 30 heavy (non-hydrogen) atoms. The third-order valence-electron chi connectivity index (χ3n) is 4.53. The first-order chi connectivity index (χ1) is 14.6. The summed E-state index contributed by atoms with van der Waals surface area (Å²) in [7, 11) is 1.56. The molecule has 8 heteroatoms. The number of anilines is 1. The minimum atomic E-state index is -0.0977. The minimum Gasteiger partial charge on any atom is -0.481 e. The van der Waals surface area contributed by atoms with E-state index in [1.54, 1.807) is 48.7 Å². The van der Waals surface area contributed by atoms with E-state index in [1.165, 1.54) is 0 Å². The number of fused-ring (bicyclic) bond motifs is 1. The first-order valence-corrected chi connectivity index (χ1v) is 9.52. The number of aromatic nitrogens is 4. The Morgan fingerprint density at radius 1 is 1.13 bits per heavy atom. The second-order valence-corrected chi connectivity index (χ2v) is 6.61. The lowest BCUT2D eigenvalue weighted by atomic mass is 10.1. The highest BCUT2D eigenvalue weighted by Crippen LogP contribution is 2.29. The average Bonchev–Trinajstić information content (AvgIpc) is 3.22. The second kappa shape index (κ2) is 8.60. The molecule has 1 N–H and O–H groups in total. The molecule has 1 amide bonds. The van der Waals surface area contributed by atoms with E-state index >= 15 is 0 Å². The maximum absolute atomic E-state index is 12.3. The zero-order valence-electron chi connectivity index (χ0n) is 16.7. The molecule has 0 unspecified atom stereocenters. The number of nitrogens with one attached hydrogen (secondary N) is 1. The van der Waals surface area contributed by atoms with Crippen molar-refractivity contribution in [1.29, 1.82) is 0 Å². The van der Waals surface area contributed by atoms with Crippen LogP contribution in [0.5, 0.6) is 17.4 Å². The van der Waals surface area contributed by atoms with Crippen LogP contribution in [0.4, 0.5) is 5.69 Å². The molecule has 0 atom stereocenters. The van der Waals surface area contributed by atoms with Gasteiger partial charge in [0.2, 0.25) is 11.8 Å². The number of methoxy groups -OCH3 is 1. The van der Waals surface area contributed by atoms with Crippen LogP contribution >= 0.6 is 0 Å². The van der Waals surface area contributed by atoms with E-state index in [2.05, 4.69) is 20.4 Å². The number of hydrogen-bond acceptors (Lipinski definition) is 6. The first-order valence-electron chi connectivity index (χ1n) is 9.52. The fourth-order valence-corrected chi connectivity index (χ4v) is 2.99. The normalized spacial score (nSPS) is 10.7. The van der Waals surface area contributed by atoms with Crippen LogP contribution in [0.25, 0.3) is 10.9 Å². The maximum atomic E-state index is 12.3. The van der Waals surface area contributed by atoms with E-state index < -0.39 is 0 Å². The molecule has 0 fully saturated rings. The van der Waals surface area contributed by atoms with Crippen molar-refractivity contribution < 1.29 is 14.3 Å². The minimum absolute atomic E-state index is 0.0977. The second-order valence-electron chi connectivity index (χ2n) is 6.61. The Bertz CT molecular complexity index is 1170. The molecule has 4 aromatic rings. The Morgan fingerprint density at radius 2 is 1.97 bits per heavy atom. The number of pyridine rings is 2. The summed E-state index contributed by atoms with van der Waals surface area (Å²) in [6.07, 6.45) is 7.06. The first kappa shape index (κ1) is 19.4. The van der Waals surface area contributed by atoms with Crippen molar-refractivity contribution in [3.8, 4) is 17.4 Å². The lowest BCUT2D eigenvalue weighted by molar-refractivity contribution is -0.115. The highest BCUT2D eigenvalue weighted by Gasteiger charge is 2.09. The summed E-state index contributed by atoms with van der Waals surface area (Å²) < 4.78 is 12.9. The van der Waals surface area contributed by atoms with Crippen molar-refractivity contribution in [2.75, 3.05) is 12.4 Å². The number of amides is 1. The largest absolute Gasteiger partial charge is 0.481 e. The van der Waals surface area contributed by atoms with Gasteiger partial charge >= 0.3 is 0 Å². The summed E-state index contributed by atoms with van der Waals surface area (Å²) in [4.78, 5) is 20.8. The van der Waals surface area contributed by atoms with Crippen LogP contribution in [0.3, 0.4) is 0 Å². The van der Waals surface area contributed by atoms with Crippen molar-refractivity contribution in [1.82, 2.24) is 19.7 Å². The zero-order chi connectivity index (χ0) is 20.9. The molecular formula is C22H21N5O3. The number of ether oxygens (including phenoxy) is 2. The Labute approximate surface area is 173 Å². The van der Waals surface area contributed by atoms with Gasteiger partial charge in [0.15, 0.2) is 0 Å². The molecule has 0 saturated carbocycles. The van der Waals surface area contributed by atoms with Gasteiger partial charge in [-0.25, -0.2) is 4.98 Å². The van der Waals surface area contributed by atoms with E-state index in [-0.39, 0.29) is 12.3 Å². The van der Waals surface area contributed by atoms with Crippen LogP contribution in [-0.4, -0.2) is 32.8 Å². The predicted octanol–water partition coefficient (Wildman–Crippen LogP) is 3.83. The van der Waals surface area contributed by atoms with Crippen molar-refractivity contribution in [3.63, 3.8) is 0 Å². The molecule has 1 aromatic carbocycles. The molecule has 4 rings (SSSR count). The summed E-state index contributed by atoms with van der Waals surface area (Å²) >= 11 is 0. The number of benzene rings is 1. The van der Waals surface area contributed by atoms with Gasteiger partial charge in [0, 0.05) is 31.2 Å². The monoisotopic (exact) mass is 403 g/mol. The van der Waals surface area contributed by atoms with Gasteiger partial charge in [-0.1, -0.05) is 12.1 Å². The molecular weight excluding hydrogens is 382 g/mol. The number of nitrogens with zero attached hydrogens (tertiary/aromatic N) is 4. The van der Waals surface area contributed by atoms with Crippen LogP contribution < -0.4 is 14.8 Å². The summed E-state index contributed by atoms with van der Waals surface area (Å²) in [5.41, 5.74) is 2.31. The van der Waals surface area contributed by atoms with Crippen LogP contribution in [0.1, 0.15) is 12.5 Å². The van der Waals surface area contributed by atoms with Gasteiger partial charge in [-0.2, -0.15) is 5.10 Å². The smallest absolute Gasteiger partial charge is 0.228 e. The van der Waals surface area contributed by atoms with E-state index in [4.69, 9.17) is 9.47 Å². The van der Waals surface area contributed by atoms with Gasteiger partial charge in [0.1, 0.15) is 11.5 Å². The highest BCUT2D eigenvalue weighted by molar-refractivity contribution is 5.92. The Balaban J connectivity index is 1.42. The van der Waals surface area contributed by atoms with Gasteiger partial charge in [-0.15, -0.1) is 0 Å². The van der Waals surface area contributed by atoms with E-state index in [1.807, 2.05) is 31.2 Å². The lowest BCUT2D eigenvalue weighted by Crippen LogP contribution is -2.13. The van der Waals surface area contributed by atoms with Crippen molar-refractivity contribution >= 4 is 22.5 Å². The van der Waals surface area contributed by atoms with Crippen molar-refractivity contribution in [2.45, 2.75) is 19.9 Å². The Morgan fingerprint density at radius 3 is 2.70 bits per heavy atom. The van der Waals surface area contributed by atoms with Crippen LogP contribution in [0, 0.1) is 0 Å². The Kier molecular flexibility index (Phi) is 5.56. The molecule has 0 spiro atoms. The standard InChI is InChI=1S/C22H21N5O3/c1-3-27-14-16(12-25-27)26-21(28)10-15-4-6-17(7-5-15)30-20-8-9-23-19-11-22(29-2)24-13-18(19)20/h4-9,11-14H,3,10H2,1-2H3,(H,26,28). The van der Waals surface area contributed by atoms with Crippen molar-refractivity contribution in [2.24, 2.45) is 0 Å². The van der Waals surface area contributed by atoms with E-state index in [9.17, 15) is 4.79 Å². The third-order valence-corrected chi connectivity index (χ3v) is 4.53. The van der Waals surface area contributed by atoms with Crippen LogP contribution in [0.15, 0.2) is 61.2 Å². The highest BCUT2D eigenvalue weighted by atomic mass is 16.5. The summed E-state index contributed by atoms with van der Waals surface area (Å²) in [5, 5.41) is 7.78. The molecule has 0 aliphatic heterocycles. The lowest BCUT2D eigenvalue weighted by Gasteiger charge is -2.10. The quantitative estimate of drug-likeness (QED) is 0.504. The van der Waals surface area contributed by atoms with Gasteiger partial charge in [-0.05, 0) is 30.7 Å². The van der Waals surface area contributed by atoms with E-state index in [0.717, 1.165) is 23.0 Å². The number of rotatable bonds is 7. The molecule has 0 saturated heterocycles. The third kappa shape index (κ3) is 4.38. The summed E-state index contributed by atoms with van der Waals surface area (Å²) in [6, 6.07) is 11.0. The number of hydrogen-bond donors (Lipinski definition) is 1. The fraction of sp³-hybridized carbons (Fsp3) is 0.182. The molecule has 152 valence electrons. The molecule has 8 nitrogen and oxygen atoms in total.